The molecule has 9 heteroatoms. The average Bonchev–Trinajstić information content (AvgIpc) is 3.03. The van der Waals surface area contributed by atoms with Crippen LogP contribution in [0.3, 0.4) is 0 Å². The van der Waals surface area contributed by atoms with Gasteiger partial charge in [-0.1, -0.05) is 15.9 Å². The van der Waals surface area contributed by atoms with Crippen molar-refractivity contribution in [2.45, 2.75) is 13.8 Å². The van der Waals surface area contributed by atoms with E-state index in [1.165, 1.54) is 0 Å². The normalized spacial score (nSPS) is 14.2. The third kappa shape index (κ3) is 4.27. The summed E-state index contributed by atoms with van der Waals surface area (Å²) in [5, 5.41) is 8.20. The van der Waals surface area contributed by atoms with Crippen molar-refractivity contribution >= 4 is 44.2 Å². The van der Waals surface area contributed by atoms with Gasteiger partial charge < -0.3 is 19.7 Å². The lowest BCUT2D eigenvalue weighted by Gasteiger charge is -2.30. The van der Waals surface area contributed by atoms with Crippen LogP contribution >= 0.6 is 15.9 Å². The Morgan fingerprint density at radius 3 is 2.80 bits per heavy atom. The van der Waals surface area contributed by atoms with Crippen LogP contribution in [0.5, 0.6) is 5.88 Å². The number of carbonyl (C=O) groups excluding carboxylic acids is 1. The number of hydrogen-bond acceptors (Lipinski definition) is 6. The van der Waals surface area contributed by atoms with E-state index in [1.54, 1.807) is 4.68 Å². The summed E-state index contributed by atoms with van der Waals surface area (Å²) >= 11 is 3.48. The van der Waals surface area contributed by atoms with Gasteiger partial charge in [0.05, 0.1) is 30.0 Å². The van der Waals surface area contributed by atoms with E-state index in [2.05, 4.69) is 36.2 Å². The van der Waals surface area contributed by atoms with E-state index in [4.69, 9.17) is 9.47 Å². The van der Waals surface area contributed by atoms with Crippen LogP contribution < -0.4 is 15.0 Å². The first-order chi connectivity index (χ1) is 14.4. The maximum Gasteiger partial charge on any atom is 0.262 e. The molecule has 8 nitrogen and oxygen atoms in total. The van der Waals surface area contributed by atoms with Gasteiger partial charge in [0.25, 0.3) is 5.91 Å². The van der Waals surface area contributed by atoms with Crippen LogP contribution in [0.1, 0.15) is 11.3 Å². The summed E-state index contributed by atoms with van der Waals surface area (Å²) in [6.07, 6.45) is 0. The topological polar surface area (TPSA) is 81.5 Å². The van der Waals surface area contributed by atoms with E-state index < -0.39 is 0 Å². The summed E-state index contributed by atoms with van der Waals surface area (Å²) in [5.74, 6) is 0.162. The third-order valence-corrected chi connectivity index (χ3v) is 5.50. The largest absolute Gasteiger partial charge is 0.466 e. The number of nitrogens with one attached hydrogen (secondary N) is 1. The number of nitrogens with zero attached hydrogens (tertiary/aromatic N) is 4. The maximum absolute atomic E-state index is 12.7. The van der Waals surface area contributed by atoms with Crippen molar-refractivity contribution in [3.8, 4) is 5.88 Å². The molecule has 3 heterocycles. The lowest BCUT2D eigenvalue weighted by Crippen LogP contribution is -2.37. The SMILES string of the molecule is Cc1cc(C)c2c(OCC(=O)Nc3cc(Br)ccc3N3CCOCC3)nn(C)c2n1. The molecule has 0 saturated carbocycles. The molecule has 1 amide bonds. The Morgan fingerprint density at radius 2 is 2.03 bits per heavy atom. The number of morpholine rings is 1. The lowest BCUT2D eigenvalue weighted by molar-refractivity contribution is -0.118. The fraction of sp³-hybridized carbons (Fsp3) is 0.381. The summed E-state index contributed by atoms with van der Waals surface area (Å²) in [6, 6.07) is 7.84. The highest BCUT2D eigenvalue weighted by Gasteiger charge is 2.18. The molecule has 3 aromatic rings. The van der Waals surface area contributed by atoms with Gasteiger partial charge in [-0.3, -0.25) is 4.79 Å². The molecular weight excluding hydrogens is 450 g/mol. The van der Waals surface area contributed by atoms with Crippen LogP contribution in [0, 0.1) is 13.8 Å². The highest BCUT2D eigenvalue weighted by Crippen LogP contribution is 2.30. The van der Waals surface area contributed by atoms with Crippen LogP contribution in [0.4, 0.5) is 11.4 Å². The van der Waals surface area contributed by atoms with E-state index in [0.29, 0.717) is 19.1 Å². The molecule has 158 valence electrons. The predicted octanol–water partition coefficient (Wildman–Crippen LogP) is 3.20. The number of anilines is 2. The minimum Gasteiger partial charge on any atom is -0.466 e. The second-order valence-electron chi connectivity index (χ2n) is 7.31. The van der Waals surface area contributed by atoms with Crippen molar-refractivity contribution in [2.75, 3.05) is 43.1 Å². The number of aryl methyl sites for hydroxylation is 3. The molecule has 1 aliphatic heterocycles. The summed E-state index contributed by atoms with van der Waals surface area (Å²) in [6.45, 7) is 6.70. The van der Waals surface area contributed by atoms with Gasteiger partial charge in [-0.15, -0.1) is 5.10 Å². The van der Waals surface area contributed by atoms with Gasteiger partial charge in [0.15, 0.2) is 12.3 Å². The van der Waals surface area contributed by atoms with Crippen molar-refractivity contribution < 1.29 is 14.3 Å². The monoisotopic (exact) mass is 473 g/mol. The Bertz CT molecular complexity index is 1090. The fourth-order valence-corrected chi connectivity index (χ4v) is 4.02. The molecule has 1 aliphatic rings. The molecule has 1 N–H and O–H groups in total. The molecule has 30 heavy (non-hydrogen) atoms. The van der Waals surface area contributed by atoms with Crippen LogP contribution in [-0.2, 0) is 16.6 Å². The molecule has 0 radical (unpaired) electrons. The van der Waals surface area contributed by atoms with E-state index in [-0.39, 0.29) is 12.5 Å². The van der Waals surface area contributed by atoms with Crippen LogP contribution in [-0.4, -0.2) is 53.6 Å². The van der Waals surface area contributed by atoms with Crippen molar-refractivity contribution in [3.63, 3.8) is 0 Å². The Balaban J connectivity index is 1.50. The number of benzene rings is 1. The van der Waals surface area contributed by atoms with Crippen LogP contribution in [0.15, 0.2) is 28.7 Å². The van der Waals surface area contributed by atoms with Crippen molar-refractivity contribution in [3.05, 3.63) is 40.0 Å². The van der Waals surface area contributed by atoms with Gasteiger partial charge in [0.1, 0.15) is 0 Å². The first kappa shape index (κ1) is 20.6. The quantitative estimate of drug-likeness (QED) is 0.612. The number of carbonyl (C=O) groups is 1. The standard InChI is InChI=1S/C21H24BrN5O3/c1-13-10-14(2)23-20-19(13)21(25-26(20)3)30-12-18(28)24-16-11-15(22)4-5-17(16)27-6-8-29-9-7-27/h4-5,10-11H,6-9,12H2,1-3H3,(H,24,28). The Morgan fingerprint density at radius 1 is 1.27 bits per heavy atom. The average molecular weight is 474 g/mol. The number of hydrogen-bond donors (Lipinski definition) is 1. The zero-order valence-corrected chi connectivity index (χ0v) is 18.8. The van der Waals surface area contributed by atoms with Gasteiger partial charge in [0, 0.05) is 30.3 Å². The van der Waals surface area contributed by atoms with Crippen LogP contribution in [0.2, 0.25) is 0 Å². The second kappa shape index (κ2) is 8.61. The minimum atomic E-state index is -0.251. The Kier molecular flexibility index (Phi) is 5.92. The summed E-state index contributed by atoms with van der Waals surface area (Å²) in [5.41, 5.74) is 4.37. The molecule has 1 fully saturated rings. The van der Waals surface area contributed by atoms with Crippen molar-refractivity contribution in [1.82, 2.24) is 14.8 Å². The lowest BCUT2D eigenvalue weighted by atomic mass is 10.2. The number of halogens is 1. The van der Waals surface area contributed by atoms with Crippen LogP contribution in [0.25, 0.3) is 11.0 Å². The molecule has 4 rings (SSSR count). The molecule has 0 atom stereocenters. The van der Waals surface area contributed by atoms with E-state index in [1.807, 2.05) is 45.2 Å². The molecule has 2 aromatic heterocycles. The molecule has 1 saturated heterocycles. The maximum atomic E-state index is 12.7. The molecule has 0 unspecified atom stereocenters. The second-order valence-corrected chi connectivity index (χ2v) is 8.22. The predicted molar refractivity (Wildman–Crippen MR) is 119 cm³/mol. The summed E-state index contributed by atoms with van der Waals surface area (Å²) in [4.78, 5) is 19.4. The number of rotatable bonds is 5. The Labute approximate surface area is 183 Å². The number of amides is 1. The van der Waals surface area contributed by atoms with Crippen molar-refractivity contribution in [1.29, 1.82) is 0 Å². The number of pyridine rings is 1. The molecule has 0 spiro atoms. The summed E-state index contributed by atoms with van der Waals surface area (Å²) < 4.78 is 13.8. The molecule has 0 bridgehead atoms. The van der Waals surface area contributed by atoms with Gasteiger partial charge >= 0.3 is 0 Å². The zero-order valence-electron chi connectivity index (χ0n) is 17.2. The highest BCUT2D eigenvalue weighted by molar-refractivity contribution is 9.10. The molecule has 0 aliphatic carbocycles. The number of ether oxygens (including phenoxy) is 2. The Hall–Kier alpha value is -2.65. The first-order valence-electron chi connectivity index (χ1n) is 9.78. The fourth-order valence-electron chi connectivity index (χ4n) is 3.66. The smallest absolute Gasteiger partial charge is 0.262 e. The van der Waals surface area contributed by atoms with Crippen molar-refractivity contribution in [2.24, 2.45) is 7.05 Å². The van der Waals surface area contributed by atoms with Gasteiger partial charge in [-0.25, -0.2) is 9.67 Å². The van der Waals surface area contributed by atoms with Gasteiger partial charge in [-0.05, 0) is 43.7 Å². The zero-order chi connectivity index (χ0) is 21.3. The molecular formula is C21H24BrN5O3. The van der Waals surface area contributed by atoms with Gasteiger partial charge in [0.2, 0.25) is 5.88 Å². The van der Waals surface area contributed by atoms with E-state index in [9.17, 15) is 4.79 Å². The van der Waals surface area contributed by atoms with E-state index in [0.717, 1.165) is 51.2 Å². The van der Waals surface area contributed by atoms with E-state index >= 15 is 0 Å². The number of aromatic nitrogens is 3. The number of fused-ring (bicyclic) bond motifs is 1. The molecule has 1 aromatic carbocycles. The van der Waals surface area contributed by atoms with Gasteiger partial charge in [-0.2, -0.15) is 0 Å². The summed E-state index contributed by atoms with van der Waals surface area (Å²) in [7, 11) is 1.82. The first-order valence-corrected chi connectivity index (χ1v) is 10.6. The minimum absolute atomic E-state index is 0.144. The third-order valence-electron chi connectivity index (χ3n) is 5.01. The highest BCUT2D eigenvalue weighted by atomic mass is 79.9.